The van der Waals surface area contributed by atoms with Crippen LogP contribution in [-0.4, -0.2) is 0 Å². The average Bonchev–Trinajstić information content (AvgIpc) is 3.98. The third-order valence-corrected chi connectivity index (χ3v) is 9.59. The smallest absolute Gasteiger partial charge is 0.143 e. The van der Waals surface area contributed by atoms with Crippen molar-refractivity contribution in [2.24, 2.45) is 0 Å². The number of rotatable bonds is 6. The second-order valence-corrected chi connectivity index (χ2v) is 12.7. The minimum Gasteiger partial charge on any atom is -0.455 e. The van der Waals surface area contributed by atoms with Gasteiger partial charge in [0, 0.05) is 49.3 Å². The molecule has 3 nitrogen and oxygen atoms in total. The lowest BCUT2D eigenvalue weighted by Crippen LogP contribution is -2.10. The lowest BCUT2D eigenvalue weighted by atomic mass is 9.95. The standard InChI is InChI=1S/C52H33NO2/c1-3-13-34(14-4-1)36-25-29-38(30-26-36)53(39-31-27-37(28-32-39)35-15-5-2-6-16-35)47-33-46-50-42(20-12-24-49(50)55-52(46)43-19-8-7-17-40(43)47)45-22-11-21-44-41-18-9-10-23-48(41)54-51(44)45/h1-33H/i1D,2D,3D,4D,5D,6D,13D,14D,15D,16D,25D,26D,27D,28D,29D,30D,31D,32D. The van der Waals surface area contributed by atoms with Gasteiger partial charge < -0.3 is 13.7 Å². The third-order valence-electron chi connectivity index (χ3n) is 9.59. The Labute approximate surface area is 343 Å². The molecule has 0 aliphatic heterocycles. The molecule has 258 valence electrons. The second kappa shape index (κ2) is 12.6. The maximum absolute atomic E-state index is 9.69. The Morgan fingerprint density at radius 2 is 0.873 bits per heavy atom. The van der Waals surface area contributed by atoms with E-state index in [0.29, 0.717) is 55.0 Å². The molecule has 9 aromatic carbocycles. The van der Waals surface area contributed by atoms with Gasteiger partial charge in [-0.1, -0.05) is 157 Å². The highest BCUT2D eigenvalue weighted by atomic mass is 16.3. The number of para-hydroxylation sites is 2. The molecule has 0 unspecified atom stereocenters. The van der Waals surface area contributed by atoms with Crippen LogP contribution >= 0.6 is 0 Å². The fourth-order valence-corrected chi connectivity index (χ4v) is 7.19. The van der Waals surface area contributed by atoms with Gasteiger partial charge in [-0.3, -0.25) is 0 Å². The SMILES string of the molecule is [2H]c1c([2H])c([2H])c(-c2c([2H])c([2H])c(N(c3c([2H])c([2H])c(-c4c([2H])c([2H])c([2H])c([2H])c4[2H])c([2H])c3[2H])c3cc4c(oc5cccc(-c6cccc7c6oc6ccccc67)c54)c4ccccc34)c([2H])c2[2H])c([2H])c1[2H]. The Morgan fingerprint density at radius 1 is 0.382 bits per heavy atom. The average molecular weight is 722 g/mol. The van der Waals surface area contributed by atoms with E-state index in [9.17, 15) is 11.0 Å². The highest BCUT2D eigenvalue weighted by molar-refractivity contribution is 6.24. The van der Waals surface area contributed by atoms with Gasteiger partial charge >= 0.3 is 0 Å². The number of nitrogens with zero attached hydrogens (tertiary/aromatic N) is 1. The van der Waals surface area contributed by atoms with E-state index < -0.39 is 142 Å². The Kier molecular flexibility index (Phi) is 4.17. The molecule has 0 aliphatic carbocycles. The zero-order valence-electron chi connectivity index (χ0n) is 46.4. The zero-order chi connectivity index (χ0) is 52.0. The van der Waals surface area contributed by atoms with Crippen molar-refractivity contribution in [2.75, 3.05) is 4.90 Å². The minimum atomic E-state index is -0.870. The van der Waals surface area contributed by atoms with Crippen LogP contribution in [0.4, 0.5) is 17.1 Å². The summed E-state index contributed by atoms with van der Waals surface area (Å²) in [7, 11) is 0. The van der Waals surface area contributed by atoms with Crippen molar-refractivity contribution in [1.82, 2.24) is 0 Å². The molecule has 11 aromatic rings. The highest BCUT2D eigenvalue weighted by Crippen LogP contribution is 2.48. The molecule has 0 N–H and O–H groups in total. The summed E-state index contributed by atoms with van der Waals surface area (Å²) in [6.07, 6.45) is 0. The fraction of sp³-hybridized carbons (Fsp3) is 0. The van der Waals surface area contributed by atoms with Gasteiger partial charge in [0.2, 0.25) is 0 Å². The van der Waals surface area contributed by atoms with Crippen molar-refractivity contribution in [2.45, 2.75) is 0 Å². The molecule has 11 rings (SSSR count). The summed E-state index contributed by atoms with van der Waals surface area (Å²) in [5.41, 5.74) is -0.392. The van der Waals surface area contributed by atoms with Crippen molar-refractivity contribution in [3.63, 3.8) is 0 Å². The number of benzene rings is 9. The molecule has 0 aliphatic rings. The van der Waals surface area contributed by atoms with Crippen molar-refractivity contribution in [3.8, 4) is 33.4 Å². The molecule has 0 atom stereocenters. The van der Waals surface area contributed by atoms with Gasteiger partial charge in [0.15, 0.2) is 0 Å². The first-order valence-corrected chi connectivity index (χ1v) is 17.2. The fourth-order valence-electron chi connectivity index (χ4n) is 7.19. The quantitative estimate of drug-likeness (QED) is 0.171. The largest absolute Gasteiger partial charge is 0.455 e. The van der Waals surface area contributed by atoms with E-state index in [0.717, 1.165) is 15.7 Å². The van der Waals surface area contributed by atoms with Gasteiger partial charge in [-0.05, 0) is 70.2 Å². The van der Waals surface area contributed by atoms with Gasteiger partial charge in [-0.15, -0.1) is 0 Å². The number of hydrogen-bond donors (Lipinski definition) is 0. The summed E-state index contributed by atoms with van der Waals surface area (Å²) < 4.78 is 174. The lowest BCUT2D eigenvalue weighted by Gasteiger charge is -2.27. The van der Waals surface area contributed by atoms with E-state index in [2.05, 4.69) is 0 Å². The molecule has 0 saturated heterocycles. The monoisotopic (exact) mass is 721 g/mol. The van der Waals surface area contributed by atoms with Crippen LogP contribution in [0.25, 0.3) is 88.0 Å². The summed E-state index contributed by atoms with van der Waals surface area (Å²) in [6, 6.07) is 12.4. The van der Waals surface area contributed by atoms with Crippen LogP contribution in [0.3, 0.4) is 0 Å². The maximum Gasteiger partial charge on any atom is 0.143 e. The number of fused-ring (bicyclic) bond motifs is 8. The number of anilines is 3. The van der Waals surface area contributed by atoms with Crippen molar-refractivity contribution in [1.29, 1.82) is 0 Å². The Balaban J connectivity index is 1.29. The first-order chi connectivity index (χ1) is 34.8. The molecular formula is C52H33NO2. The van der Waals surface area contributed by atoms with Crippen LogP contribution in [0.5, 0.6) is 0 Å². The molecule has 0 spiro atoms. The van der Waals surface area contributed by atoms with Crippen LogP contribution < -0.4 is 4.90 Å². The van der Waals surface area contributed by atoms with Crippen molar-refractivity contribution >= 4 is 71.7 Å². The Morgan fingerprint density at radius 3 is 1.55 bits per heavy atom. The molecule has 0 fully saturated rings. The molecule has 0 amide bonds. The van der Waals surface area contributed by atoms with E-state index in [4.69, 9.17) is 22.5 Å². The number of hydrogen-bond acceptors (Lipinski definition) is 3. The van der Waals surface area contributed by atoms with Crippen LogP contribution in [0.15, 0.2) is 209 Å². The summed E-state index contributed by atoms with van der Waals surface area (Å²) >= 11 is 0. The van der Waals surface area contributed by atoms with Gasteiger partial charge in [0.05, 0.1) is 30.4 Å². The summed E-state index contributed by atoms with van der Waals surface area (Å²) in [5, 5.41) is 3.46. The van der Waals surface area contributed by atoms with Crippen LogP contribution in [0.1, 0.15) is 24.7 Å². The molecule has 0 bridgehead atoms. The normalized spacial score (nSPS) is 16.2. The summed E-state index contributed by atoms with van der Waals surface area (Å²) in [5.74, 6) is 0. The van der Waals surface area contributed by atoms with Gasteiger partial charge in [0.25, 0.3) is 0 Å². The lowest BCUT2D eigenvalue weighted by molar-refractivity contribution is 0.670. The van der Waals surface area contributed by atoms with Crippen molar-refractivity contribution in [3.05, 3.63) is 200 Å². The molecule has 55 heavy (non-hydrogen) atoms. The predicted molar refractivity (Wildman–Crippen MR) is 229 cm³/mol. The highest BCUT2D eigenvalue weighted by Gasteiger charge is 2.23. The van der Waals surface area contributed by atoms with E-state index in [1.54, 1.807) is 36.4 Å². The van der Waals surface area contributed by atoms with E-state index in [1.807, 2.05) is 54.6 Å². The first kappa shape index (κ1) is 18.1. The van der Waals surface area contributed by atoms with Gasteiger partial charge in [0.1, 0.15) is 22.3 Å². The Hall–Kier alpha value is -7.36. The molecule has 0 saturated carbocycles. The minimum absolute atomic E-state index is 0.00438. The molecule has 3 heteroatoms. The van der Waals surface area contributed by atoms with Gasteiger partial charge in [-0.25, -0.2) is 0 Å². The van der Waals surface area contributed by atoms with Crippen LogP contribution in [-0.2, 0) is 0 Å². The predicted octanol–water partition coefficient (Wildman–Crippen LogP) is 15.1. The van der Waals surface area contributed by atoms with E-state index >= 15 is 0 Å². The van der Waals surface area contributed by atoms with E-state index in [-0.39, 0.29) is 5.69 Å². The number of furan rings is 2. The second-order valence-electron chi connectivity index (χ2n) is 12.7. The third kappa shape index (κ3) is 5.13. The zero-order valence-corrected chi connectivity index (χ0v) is 28.4. The first-order valence-electron chi connectivity index (χ1n) is 26.2. The topological polar surface area (TPSA) is 29.5 Å². The van der Waals surface area contributed by atoms with Gasteiger partial charge in [-0.2, -0.15) is 0 Å². The Bertz CT molecular complexity index is 4030. The van der Waals surface area contributed by atoms with Crippen LogP contribution in [0.2, 0.25) is 0 Å². The summed E-state index contributed by atoms with van der Waals surface area (Å²) in [4.78, 5) is 1.04. The molecule has 2 aromatic heterocycles. The summed E-state index contributed by atoms with van der Waals surface area (Å²) in [6.45, 7) is 0. The molecular weight excluding hydrogens is 671 g/mol. The van der Waals surface area contributed by atoms with Crippen LogP contribution in [0, 0.1) is 0 Å². The molecule has 0 radical (unpaired) electrons. The molecule has 2 heterocycles. The van der Waals surface area contributed by atoms with Crippen molar-refractivity contribution < 1.29 is 33.5 Å². The van der Waals surface area contributed by atoms with E-state index in [1.165, 1.54) is 0 Å². The maximum atomic E-state index is 9.69.